The van der Waals surface area contributed by atoms with Crippen molar-refractivity contribution < 1.29 is 4.39 Å². The van der Waals surface area contributed by atoms with Crippen molar-refractivity contribution in [1.82, 2.24) is 4.90 Å². The van der Waals surface area contributed by atoms with Gasteiger partial charge in [0.1, 0.15) is 5.82 Å². The fourth-order valence-electron chi connectivity index (χ4n) is 2.95. The molecule has 1 aromatic rings. The second-order valence-electron chi connectivity index (χ2n) is 4.86. The van der Waals surface area contributed by atoms with Crippen LogP contribution in [0.25, 0.3) is 0 Å². The van der Waals surface area contributed by atoms with Gasteiger partial charge in [0, 0.05) is 6.04 Å². The number of halogens is 1. The second-order valence-corrected chi connectivity index (χ2v) is 4.86. The number of hydrogen-bond donors (Lipinski definition) is 1. The third kappa shape index (κ3) is 2.35. The minimum atomic E-state index is -0.156. The van der Waals surface area contributed by atoms with Gasteiger partial charge in [-0.3, -0.25) is 4.90 Å². The smallest absolute Gasteiger partial charge is 0.123 e. The predicted molar refractivity (Wildman–Crippen MR) is 68.3 cm³/mol. The van der Waals surface area contributed by atoms with E-state index in [-0.39, 0.29) is 5.82 Å². The summed E-state index contributed by atoms with van der Waals surface area (Å²) in [6, 6.07) is 5.47. The molecule has 0 aromatic heterocycles. The van der Waals surface area contributed by atoms with Gasteiger partial charge in [-0.05, 0) is 62.2 Å². The molecule has 0 spiro atoms. The van der Waals surface area contributed by atoms with E-state index in [1.165, 1.54) is 5.56 Å². The van der Waals surface area contributed by atoms with E-state index >= 15 is 0 Å². The second kappa shape index (κ2) is 5.15. The lowest BCUT2D eigenvalue weighted by Gasteiger charge is -2.28. The minimum absolute atomic E-state index is 0.156. The first-order valence-corrected chi connectivity index (χ1v) is 6.37. The number of benzene rings is 1. The van der Waals surface area contributed by atoms with Crippen LogP contribution in [0.15, 0.2) is 18.2 Å². The van der Waals surface area contributed by atoms with Crippen LogP contribution in [0.4, 0.5) is 4.39 Å². The molecule has 1 aromatic carbocycles. The zero-order valence-corrected chi connectivity index (χ0v) is 10.6. The molecule has 0 amide bonds. The largest absolute Gasteiger partial charge is 0.330 e. The Morgan fingerprint density at radius 3 is 2.82 bits per heavy atom. The van der Waals surface area contributed by atoms with Crippen molar-refractivity contribution in [1.29, 1.82) is 0 Å². The molecular formula is C14H21FN2. The first kappa shape index (κ1) is 12.5. The van der Waals surface area contributed by atoms with Crippen molar-refractivity contribution in [2.24, 2.45) is 11.7 Å². The van der Waals surface area contributed by atoms with Gasteiger partial charge < -0.3 is 5.73 Å². The summed E-state index contributed by atoms with van der Waals surface area (Å²) >= 11 is 0. The molecule has 94 valence electrons. The maximum Gasteiger partial charge on any atom is 0.123 e. The molecule has 1 saturated heterocycles. The molecule has 0 saturated carbocycles. The zero-order valence-electron chi connectivity index (χ0n) is 10.6. The van der Waals surface area contributed by atoms with E-state index in [1.54, 1.807) is 12.1 Å². The molecule has 17 heavy (non-hydrogen) atoms. The third-order valence-electron chi connectivity index (χ3n) is 3.89. The molecule has 2 nitrogen and oxygen atoms in total. The molecule has 0 bridgehead atoms. The number of hydrogen-bond acceptors (Lipinski definition) is 2. The van der Waals surface area contributed by atoms with Crippen LogP contribution in [0.2, 0.25) is 0 Å². The number of likely N-dealkylation sites (tertiary alicyclic amines) is 1. The van der Waals surface area contributed by atoms with Crippen LogP contribution in [0, 0.1) is 18.7 Å². The fourth-order valence-corrected chi connectivity index (χ4v) is 2.95. The van der Waals surface area contributed by atoms with Crippen LogP contribution in [0.1, 0.15) is 30.5 Å². The van der Waals surface area contributed by atoms with E-state index in [9.17, 15) is 4.39 Å². The first-order chi connectivity index (χ1) is 8.17. The first-order valence-electron chi connectivity index (χ1n) is 6.37. The van der Waals surface area contributed by atoms with Crippen molar-refractivity contribution >= 4 is 0 Å². The minimum Gasteiger partial charge on any atom is -0.330 e. The van der Waals surface area contributed by atoms with Crippen molar-refractivity contribution in [3.63, 3.8) is 0 Å². The Labute approximate surface area is 103 Å². The molecule has 2 rings (SSSR count). The number of nitrogens with two attached hydrogens (primary N) is 1. The lowest BCUT2D eigenvalue weighted by Crippen LogP contribution is -2.28. The molecule has 2 unspecified atom stereocenters. The Bertz CT molecular complexity index is 380. The molecule has 1 aliphatic heterocycles. The van der Waals surface area contributed by atoms with Gasteiger partial charge in [0.25, 0.3) is 0 Å². The van der Waals surface area contributed by atoms with Crippen molar-refractivity contribution in [3.8, 4) is 0 Å². The molecule has 0 aliphatic carbocycles. The summed E-state index contributed by atoms with van der Waals surface area (Å²) in [5.41, 5.74) is 8.13. The van der Waals surface area contributed by atoms with E-state index in [2.05, 4.69) is 11.8 Å². The van der Waals surface area contributed by atoms with Crippen LogP contribution in [-0.2, 0) is 0 Å². The number of rotatable bonds is 3. The third-order valence-corrected chi connectivity index (χ3v) is 3.89. The molecule has 0 radical (unpaired) electrons. The van der Waals surface area contributed by atoms with Crippen LogP contribution in [0.3, 0.4) is 0 Å². The Kier molecular flexibility index (Phi) is 3.79. The summed E-state index contributed by atoms with van der Waals surface area (Å²) < 4.78 is 13.2. The van der Waals surface area contributed by atoms with Crippen LogP contribution < -0.4 is 5.73 Å². The average molecular weight is 236 g/mol. The Morgan fingerprint density at radius 1 is 1.47 bits per heavy atom. The Morgan fingerprint density at radius 2 is 2.24 bits per heavy atom. The quantitative estimate of drug-likeness (QED) is 0.873. The molecule has 3 heteroatoms. The summed E-state index contributed by atoms with van der Waals surface area (Å²) in [5.74, 6) is 0.343. The van der Waals surface area contributed by atoms with E-state index in [0.717, 1.165) is 25.1 Å². The van der Waals surface area contributed by atoms with Gasteiger partial charge in [-0.2, -0.15) is 0 Å². The van der Waals surface area contributed by atoms with E-state index in [0.29, 0.717) is 18.5 Å². The molecule has 1 heterocycles. The monoisotopic (exact) mass is 236 g/mol. The highest BCUT2D eigenvalue weighted by Crippen LogP contribution is 2.37. The predicted octanol–water partition coefficient (Wildman–Crippen LogP) is 2.48. The molecule has 2 N–H and O–H groups in total. The Hall–Kier alpha value is -0.930. The standard InChI is InChI=1S/C14H21FN2/c1-3-17-7-6-11(9-16)14(17)13-5-4-12(15)8-10(13)2/h4-5,8,11,14H,3,6-7,9,16H2,1-2H3. The molecular weight excluding hydrogens is 215 g/mol. The van der Waals surface area contributed by atoms with Crippen LogP contribution >= 0.6 is 0 Å². The van der Waals surface area contributed by atoms with Crippen molar-refractivity contribution in [3.05, 3.63) is 35.1 Å². The van der Waals surface area contributed by atoms with Gasteiger partial charge in [-0.1, -0.05) is 13.0 Å². The van der Waals surface area contributed by atoms with Gasteiger partial charge in [-0.15, -0.1) is 0 Å². The van der Waals surface area contributed by atoms with E-state index < -0.39 is 0 Å². The summed E-state index contributed by atoms with van der Waals surface area (Å²) in [4.78, 5) is 2.44. The van der Waals surface area contributed by atoms with Gasteiger partial charge in [0.05, 0.1) is 0 Å². The molecule has 1 fully saturated rings. The summed E-state index contributed by atoms with van der Waals surface area (Å²) in [6.45, 7) is 6.98. The average Bonchev–Trinajstić information content (AvgIpc) is 2.71. The number of aryl methyl sites for hydroxylation is 1. The summed E-state index contributed by atoms with van der Waals surface area (Å²) in [7, 11) is 0. The topological polar surface area (TPSA) is 29.3 Å². The molecule has 1 aliphatic rings. The van der Waals surface area contributed by atoms with Gasteiger partial charge in [-0.25, -0.2) is 4.39 Å². The highest BCUT2D eigenvalue weighted by molar-refractivity contribution is 5.31. The van der Waals surface area contributed by atoms with Crippen LogP contribution in [-0.4, -0.2) is 24.5 Å². The maximum atomic E-state index is 13.2. The summed E-state index contributed by atoms with van der Waals surface area (Å²) in [6.07, 6.45) is 1.14. The van der Waals surface area contributed by atoms with Gasteiger partial charge in [0.15, 0.2) is 0 Å². The number of nitrogens with zero attached hydrogens (tertiary/aromatic N) is 1. The Balaban J connectivity index is 2.34. The lowest BCUT2D eigenvalue weighted by molar-refractivity contribution is 0.241. The van der Waals surface area contributed by atoms with Crippen LogP contribution in [0.5, 0.6) is 0 Å². The highest BCUT2D eigenvalue weighted by atomic mass is 19.1. The van der Waals surface area contributed by atoms with Crippen molar-refractivity contribution in [2.45, 2.75) is 26.3 Å². The van der Waals surface area contributed by atoms with Gasteiger partial charge in [0.2, 0.25) is 0 Å². The maximum absolute atomic E-state index is 13.2. The molecule has 2 atom stereocenters. The van der Waals surface area contributed by atoms with Gasteiger partial charge >= 0.3 is 0 Å². The zero-order chi connectivity index (χ0) is 12.4. The SMILES string of the molecule is CCN1CCC(CN)C1c1ccc(F)cc1C. The van der Waals surface area contributed by atoms with E-state index in [4.69, 9.17) is 5.73 Å². The normalized spacial score (nSPS) is 25.4. The summed E-state index contributed by atoms with van der Waals surface area (Å²) in [5, 5.41) is 0. The lowest BCUT2D eigenvalue weighted by atomic mass is 9.91. The van der Waals surface area contributed by atoms with E-state index in [1.807, 2.05) is 13.0 Å². The highest BCUT2D eigenvalue weighted by Gasteiger charge is 2.34. The fraction of sp³-hybridized carbons (Fsp3) is 0.571. The van der Waals surface area contributed by atoms with Crippen molar-refractivity contribution in [2.75, 3.05) is 19.6 Å².